The molecule has 1 unspecified atom stereocenters. The molecule has 0 nitrogen and oxygen atoms in total. The van der Waals surface area contributed by atoms with Crippen molar-refractivity contribution in [3.05, 3.63) is 60.2 Å². The molecule has 2 heteroatoms. The number of hydrogen-bond acceptors (Lipinski definition) is 0. The Morgan fingerprint density at radius 1 is 0.867 bits per heavy atom. The van der Waals surface area contributed by atoms with Crippen molar-refractivity contribution in [1.29, 1.82) is 0 Å². The number of aryl methyl sites for hydroxylation is 1. The third-order valence-electron chi connectivity index (χ3n) is 2.21. The maximum Gasteiger partial charge on any atom is 0.0524 e. The van der Waals surface area contributed by atoms with Crippen LogP contribution in [0.3, 0.4) is 0 Å². The van der Waals surface area contributed by atoms with Gasteiger partial charge in [0.05, 0.1) is 7.27 Å². The van der Waals surface area contributed by atoms with E-state index in [0.717, 1.165) is 0 Å². The molecule has 0 saturated carbocycles. The first kappa shape index (κ1) is 10.7. The Kier molecular flexibility index (Phi) is 3.41. The Morgan fingerprint density at radius 2 is 1.53 bits per heavy atom. The van der Waals surface area contributed by atoms with Gasteiger partial charge >= 0.3 is 0 Å². The lowest BCUT2D eigenvalue weighted by Gasteiger charge is -2.10. The van der Waals surface area contributed by atoms with Gasteiger partial charge in [-0.1, -0.05) is 71.4 Å². The normalized spacial score (nSPS) is 12.4. The predicted octanol–water partition coefficient (Wildman–Crippen LogP) is 3.58. The van der Waals surface area contributed by atoms with Crippen molar-refractivity contribution >= 4 is 29.1 Å². The quantitative estimate of drug-likeness (QED) is 0.697. The average Bonchev–Trinajstić information content (AvgIpc) is 2.29. The van der Waals surface area contributed by atoms with Crippen LogP contribution in [0.15, 0.2) is 54.6 Å². The zero-order valence-electron chi connectivity index (χ0n) is 8.52. The van der Waals surface area contributed by atoms with Gasteiger partial charge in [-0.05, 0) is 17.5 Å². The molecule has 0 aromatic heterocycles. The summed E-state index contributed by atoms with van der Waals surface area (Å²) in [6.45, 7) is 2.09. The molecule has 0 spiro atoms. The van der Waals surface area contributed by atoms with E-state index in [9.17, 15) is 0 Å². The van der Waals surface area contributed by atoms with Gasteiger partial charge in [-0.3, -0.25) is 0 Å². The highest BCUT2D eigenvalue weighted by Crippen LogP contribution is 2.38. The highest BCUT2D eigenvalue weighted by molar-refractivity contribution is 7.95. The lowest BCUT2D eigenvalue weighted by Crippen LogP contribution is -2.07. The van der Waals surface area contributed by atoms with Gasteiger partial charge < -0.3 is 0 Å². The third kappa shape index (κ3) is 2.59. The van der Waals surface area contributed by atoms with Crippen LogP contribution in [-0.4, -0.2) is 0 Å². The summed E-state index contributed by atoms with van der Waals surface area (Å²) >= 11 is 6.47. The van der Waals surface area contributed by atoms with E-state index in [2.05, 4.69) is 43.3 Å². The SMILES string of the molecule is Cc1cccc(P(Cl)c2ccccc2)c1. The van der Waals surface area contributed by atoms with Crippen molar-refractivity contribution in [2.45, 2.75) is 6.92 Å². The molecule has 0 heterocycles. The van der Waals surface area contributed by atoms with Gasteiger partial charge in [0.15, 0.2) is 0 Å². The summed E-state index contributed by atoms with van der Waals surface area (Å²) < 4.78 is 0. The van der Waals surface area contributed by atoms with Crippen LogP contribution in [0.1, 0.15) is 5.56 Å². The van der Waals surface area contributed by atoms with Crippen molar-refractivity contribution in [1.82, 2.24) is 0 Å². The molecule has 0 saturated heterocycles. The average molecular weight is 235 g/mol. The minimum absolute atomic E-state index is 0.715. The van der Waals surface area contributed by atoms with Crippen LogP contribution in [0.2, 0.25) is 0 Å². The maximum atomic E-state index is 6.47. The lowest BCUT2D eigenvalue weighted by atomic mass is 10.2. The maximum absolute atomic E-state index is 6.47. The molecule has 2 aromatic rings. The zero-order chi connectivity index (χ0) is 10.7. The standard InChI is InChI=1S/C13H12ClP/c1-11-6-5-9-13(10-11)15(14)12-7-3-2-4-8-12/h2-10H,1H3. The van der Waals surface area contributed by atoms with Crippen molar-refractivity contribution in [3.8, 4) is 0 Å². The summed E-state index contributed by atoms with van der Waals surface area (Å²) in [4.78, 5) is 0. The van der Waals surface area contributed by atoms with Crippen LogP contribution >= 0.6 is 18.5 Å². The van der Waals surface area contributed by atoms with Crippen LogP contribution in [0.4, 0.5) is 0 Å². The van der Waals surface area contributed by atoms with E-state index in [4.69, 9.17) is 11.2 Å². The van der Waals surface area contributed by atoms with Crippen LogP contribution in [0.5, 0.6) is 0 Å². The fourth-order valence-corrected chi connectivity index (χ4v) is 3.38. The first-order valence-electron chi connectivity index (χ1n) is 4.85. The van der Waals surface area contributed by atoms with Crippen LogP contribution < -0.4 is 10.6 Å². The first-order chi connectivity index (χ1) is 7.27. The summed E-state index contributed by atoms with van der Waals surface area (Å²) in [7, 11) is -0.715. The molecule has 0 aliphatic heterocycles. The fourth-order valence-electron chi connectivity index (χ4n) is 1.46. The van der Waals surface area contributed by atoms with E-state index in [-0.39, 0.29) is 0 Å². The minimum Gasteiger partial charge on any atom is -0.0859 e. The minimum atomic E-state index is -0.715. The topological polar surface area (TPSA) is 0 Å². The molecular weight excluding hydrogens is 223 g/mol. The lowest BCUT2D eigenvalue weighted by molar-refractivity contribution is 1.50. The molecular formula is C13H12ClP. The summed E-state index contributed by atoms with van der Waals surface area (Å²) in [5.74, 6) is 0. The van der Waals surface area contributed by atoms with E-state index in [1.165, 1.54) is 16.2 Å². The second kappa shape index (κ2) is 4.79. The zero-order valence-corrected chi connectivity index (χ0v) is 10.2. The molecule has 0 bridgehead atoms. The van der Waals surface area contributed by atoms with Crippen LogP contribution in [0.25, 0.3) is 0 Å². The van der Waals surface area contributed by atoms with Crippen molar-refractivity contribution in [2.75, 3.05) is 0 Å². The monoisotopic (exact) mass is 234 g/mol. The Labute approximate surface area is 96.4 Å². The molecule has 76 valence electrons. The molecule has 0 amide bonds. The van der Waals surface area contributed by atoms with Crippen LogP contribution in [0, 0.1) is 6.92 Å². The highest BCUT2D eigenvalue weighted by Gasteiger charge is 2.09. The first-order valence-corrected chi connectivity index (χ1v) is 7.09. The van der Waals surface area contributed by atoms with E-state index in [0.29, 0.717) is 0 Å². The van der Waals surface area contributed by atoms with Gasteiger partial charge in [-0.2, -0.15) is 0 Å². The Morgan fingerprint density at radius 3 is 2.20 bits per heavy atom. The van der Waals surface area contributed by atoms with Gasteiger partial charge in [0, 0.05) is 0 Å². The van der Waals surface area contributed by atoms with Crippen molar-refractivity contribution in [3.63, 3.8) is 0 Å². The molecule has 15 heavy (non-hydrogen) atoms. The molecule has 1 atom stereocenters. The van der Waals surface area contributed by atoms with Crippen molar-refractivity contribution in [2.24, 2.45) is 0 Å². The van der Waals surface area contributed by atoms with Gasteiger partial charge in [0.2, 0.25) is 0 Å². The molecule has 2 aromatic carbocycles. The van der Waals surface area contributed by atoms with E-state index < -0.39 is 7.27 Å². The van der Waals surface area contributed by atoms with Gasteiger partial charge in [-0.15, -0.1) is 0 Å². The molecule has 0 fully saturated rings. The Balaban J connectivity index is 2.32. The van der Waals surface area contributed by atoms with Crippen LogP contribution in [-0.2, 0) is 0 Å². The predicted molar refractivity (Wildman–Crippen MR) is 69.7 cm³/mol. The van der Waals surface area contributed by atoms with Gasteiger partial charge in [-0.25, -0.2) is 0 Å². The summed E-state index contributed by atoms with van der Waals surface area (Å²) in [5.41, 5.74) is 1.26. The molecule has 0 aliphatic rings. The van der Waals surface area contributed by atoms with E-state index in [1.54, 1.807) is 0 Å². The van der Waals surface area contributed by atoms with Crippen molar-refractivity contribution < 1.29 is 0 Å². The summed E-state index contributed by atoms with van der Waals surface area (Å²) in [6.07, 6.45) is 0. The summed E-state index contributed by atoms with van der Waals surface area (Å²) in [5, 5.41) is 2.43. The third-order valence-corrected chi connectivity index (χ3v) is 4.87. The molecule has 2 rings (SSSR count). The second-order valence-corrected chi connectivity index (χ2v) is 6.06. The Bertz CT molecular complexity index is 439. The van der Waals surface area contributed by atoms with Gasteiger partial charge in [0.25, 0.3) is 0 Å². The molecule has 0 radical (unpaired) electrons. The smallest absolute Gasteiger partial charge is 0.0524 e. The Hall–Kier alpha value is -0.840. The summed E-state index contributed by atoms with van der Waals surface area (Å²) in [6, 6.07) is 18.7. The van der Waals surface area contributed by atoms with E-state index >= 15 is 0 Å². The number of benzene rings is 2. The largest absolute Gasteiger partial charge is 0.0859 e. The molecule has 0 aliphatic carbocycles. The fraction of sp³-hybridized carbons (Fsp3) is 0.0769. The highest BCUT2D eigenvalue weighted by atomic mass is 35.7. The molecule has 0 N–H and O–H groups in total. The van der Waals surface area contributed by atoms with E-state index in [1.807, 2.05) is 18.2 Å². The van der Waals surface area contributed by atoms with Gasteiger partial charge in [0.1, 0.15) is 0 Å². The number of hydrogen-bond donors (Lipinski definition) is 0. The number of rotatable bonds is 2. The number of halogens is 1. The second-order valence-electron chi connectivity index (χ2n) is 3.46.